The zero-order chi connectivity index (χ0) is 21.1. The normalized spacial score (nSPS) is 23.1. The van der Waals surface area contributed by atoms with Crippen LogP contribution >= 0.6 is 0 Å². The molecule has 0 bridgehead atoms. The van der Waals surface area contributed by atoms with Crippen LogP contribution in [0, 0.1) is 23.1 Å². The van der Waals surface area contributed by atoms with Crippen LogP contribution in [0.4, 0.5) is 10.3 Å². The third kappa shape index (κ3) is 3.30. The highest BCUT2D eigenvalue weighted by Gasteiger charge is 2.59. The van der Waals surface area contributed by atoms with Crippen LogP contribution in [0.25, 0.3) is 11.3 Å². The molecule has 1 saturated heterocycles. The molecule has 1 aliphatic heterocycles. The average molecular weight is 399 g/mol. The van der Waals surface area contributed by atoms with E-state index < -0.39 is 5.82 Å². The van der Waals surface area contributed by atoms with Crippen molar-refractivity contribution in [2.45, 2.75) is 26.8 Å². The molecular weight excluding hydrogens is 373 g/mol. The summed E-state index contributed by atoms with van der Waals surface area (Å²) in [6, 6.07) is 3.07. The van der Waals surface area contributed by atoms with Gasteiger partial charge in [-0.2, -0.15) is 0 Å². The molecule has 0 unspecified atom stereocenters. The van der Waals surface area contributed by atoms with Crippen molar-refractivity contribution in [1.82, 2.24) is 19.4 Å². The molecule has 2 aromatic rings. The number of carbonyl (C=O) groups is 1. The Kier molecular flexibility index (Phi) is 4.47. The lowest BCUT2D eigenvalue weighted by Crippen LogP contribution is -2.42. The van der Waals surface area contributed by atoms with Crippen LogP contribution in [0.15, 0.2) is 29.3 Å². The molecular formula is C21H26FN5O2. The summed E-state index contributed by atoms with van der Waals surface area (Å²) in [6.07, 6.45) is 2.59. The molecule has 0 aromatic carbocycles. The molecule has 2 aromatic heterocycles. The van der Waals surface area contributed by atoms with Crippen LogP contribution in [0.2, 0.25) is 0 Å². The Bertz CT molecular complexity index is 1020. The average Bonchev–Trinajstić information content (AvgIpc) is 3.15. The molecule has 3 heterocycles. The van der Waals surface area contributed by atoms with Crippen LogP contribution in [0.5, 0.6) is 0 Å². The summed E-state index contributed by atoms with van der Waals surface area (Å²) in [6.45, 7) is 7.26. The van der Waals surface area contributed by atoms with Crippen molar-refractivity contribution >= 4 is 11.9 Å². The summed E-state index contributed by atoms with van der Waals surface area (Å²) >= 11 is 0. The molecule has 1 amide bonds. The molecule has 1 aliphatic carbocycles. The van der Waals surface area contributed by atoms with Gasteiger partial charge in [-0.3, -0.25) is 19.1 Å². The van der Waals surface area contributed by atoms with Crippen LogP contribution in [0.3, 0.4) is 0 Å². The molecule has 2 aliphatic rings. The number of likely N-dealkylation sites (tertiary alicyclic amines) is 1. The fourth-order valence-corrected chi connectivity index (χ4v) is 4.41. The van der Waals surface area contributed by atoms with E-state index in [4.69, 9.17) is 0 Å². The lowest BCUT2D eigenvalue weighted by atomic mass is 9.95. The monoisotopic (exact) mass is 399 g/mol. The third-order valence-corrected chi connectivity index (χ3v) is 6.00. The molecule has 8 heteroatoms. The SMILES string of the molecule is CN(c1nc(-c2ccncc2F)cc(=O)n1C)[C@@H]1[C@@H]2CN(C(=O)C(C)(C)C)C[C@@H]21. The molecule has 3 atom stereocenters. The van der Waals surface area contributed by atoms with E-state index in [1.807, 2.05) is 37.6 Å². The first-order valence-corrected chi connectivity index (χ1v) is 9.79. The third-order valence-electron chi connectivity index (χ3n) is 6.00. The van der Waals surface area contributed by atoms with Gasteiger partial charge in [-0.25, -0.2) is 9.37 Å². The van der Waals surface area contributed by atoms with Gasteiger partial charge in [0.25, 0.3) is 5.56 Å². The maximum absolute atomic E-state index is 14.2. The topological polar surface area (TPSA) is 71.3 Å². The Morgan fingerprint density at radius 1 is 1.28 bits per heavy atom. The molecule has 4 rings (SSSR count). The number of nitrogens with zero attached hydrogens (tertiary/aromatic N) is 5. The highest BCUT2D eigenvalue weighted by atomic mass is 19.1. The largest absolute Gasteiger partial charge is 0.342 e. The van der Waals surface area contributed by atoms with Crippen molar-refractivity contribution in [1.29, 1.82) is 0 Å². The fourth-order valence-electron chi connectivity index (χ4n) is 4.41. The number of anilines is 1. The Hall–Kier alpha value is -2.77. The van der Waals surface area contributed by atoms with E-state index in [1.165, 1.54) is 22.9 Å². The summed E-state index contributed by atoms with van der Waals surface area (Å²) in [5.41, 5.74) is -0.0778. The lowest BCUT2D eigenvalue weighted by Gasteiger charge is -2.30. The van der Waals surface area contributed by atoms with Crippen LogP contribution in [0.1, 0.15) is 20.8 Å². The second-order valence-corrected chi connectivity index (χ2v) is 9.08. The number of halogens is 1. The van der Waals surface area contributed by atoms with Gasteiger partial charge in [0, 0.05) is 68.3 Å². The van der Waals surface area contributed by atoms with Crippen LogP contribution < -0.4 is 10.5 Å². The Morgan fingerprint density at radius 2 is 1.93 bits per heavy atom. The van der Waals surface area contributed by atoms with E-state index in [0.717, 1.165) is 19.3 Å². The number of piperidine rings is 1. The quantitative estimate of drug-likeness (QED) is 0.789. The summed E-state index contributed by atoms with van der Waals surface area (Å²) in [7, 11) is 3.58. The van der Waals surface area contributed by atoms with Gasteiger partial charge in [-0.1, -0.05) is 20.8 Å². The van der Waals surface area contributed by atoms with E-state index >= 15 is 0 Å². The van der Waals surface area contributed by atoms with Crippen molar-refractivity contribution in [2.75, 3.05) is 25.0 Å². The first-order valence-electron chi connectivity index (χ1n) is 9.79. The Labute approximate surface area is 169 Å². The number of carbonyl (C=O) groups excluding carboxylic acids is 1. The Balaban J connectivity index is 1.57. The maximum atomic E-state index is 14.2. The summed E-state index contributed by atoms with van der Waals surface area (Å²) in [5, 5.41) is 0. The van der Waals surface area contributed by atoms with Gasteiger partial charge in [0.2, 0.25) is 11.9 Å². The minimum absolute atomic E-state index is 0.173. The van der Waals surface area contributed by atoms with Crippen molar-refractivity contribution in [3.63, 3.8) is 0 Å². The molecule has 7 nitrogen and oxygen atoms in total. The van der Waals surface area contributed by atoms with Crippen molar-refractivity contribution in [3.05, 3.63) is 40.7 Å². The van der Waals surface area contributed by atoms with Gasteiger partial charge < -0.3 is 9.80 Å². The van der Waals surface area contributed by atoms with Gasteiger partial charge in [0.1, 0.15) is 0 Å². The van der Waals surface area contributed by atoms with Gasteiger partial charge in [0.15, 0.2) is 5.82 Å². The number of hydrogen-bond acceptors (Lipinski definition) is 5. The van der Waals surface area contributed by atoms with Crippen molar-refractivity contribution in [3.8, 4) is 11.3 Å². The zero-order valence-electron chi connectivity index (χ0n) is 17.4. The van der Waals surface area contributed by atoms with E-state index in [1.54, 1.807) is 7.05 Å². The van der Waals surface area contributed by atoms with E-state index in [0.29, 0.717) is 23.5 Å². The van der Waals surface area contributed by atoms with Crippen molar-refractivity contribution < 1.29 is 9.18 Å². The van der Waals surface area contributed by atoms with Crippen LogP contribution in [-0.2, 0) is 11.8 Å². The van der Waals surface area contributed by atoms with Gasteiger partial charge in [-0.15, -0.1) is 0 Å². The van der Waals surface area contributed by atoms with E-state index in [2.05, 4.69) is 9.97 Å². The van der Waals surface area contributed by atoms with E-state index in [9.17, 15) is 14.0 Å². The minimum Gasteiger partial charge on any atom is -0.342 e. The summed E-state index contributed by atoms with van der Waals surface area (Å²) in [5.74, 6) is 0.888. The fraction of sp³-hybridized carbons (Fsp3) is 0.524. The molecule has 2 fully saturated rings. The second-order valence-electron chi connectivity index (χ2n) is 9.08. The smallest absolute Gasteiger partial charge is 0.255 e. The highest BCUT2D eigenvalue weighted by molar-refractivity contribution is 5.82. The molecule has 29 heavy (non-hydrogen) atoms. The highest BCUT2D eigenvalue weighted by Crippen LogP contribution is 2.50. The molecule has 1 saturated carbocycles. The van der Waals surface area contributed by atoms with Gasteiger partial charge in [-0.05, 0) is 6.07 Å². The predicted molar refractivity (Wildman–Crippen MR) is 108 cm³/mol. The first kappa shape index (κ1) is 19.5. The van der Waals surface area contributed by atoms with Crippen LogP contribution in [-0.4, -0.2) is 51.5 Å². The summed E-state index contributed by atoms with van der Waals surface area (Å²) < 4.78 is 15.6. The lowest BCUT2D eigenvalue weighted by molar-refractivity contribution is -0.138. The number of fused-ring (bicyclic) bond motifs is 1. The predicted octanol–water partition coefficient (Wildman–Crippen LogP) is 1.92. The number of aromatic nitrogens is 3. The first-order chi connectivity index (χ1) is 13.6. The summed E-state index contributed by atoms with van der Waals surface area (Å²) in [4.78, 5) is 37.3. The molecule has 0 radical (unpaired) electrons. The Morgan fingerprint density at radius 3 is 2.52 bits per heavy atom. The van der Waals surface area contributed by atoms with Gasteiger partial charge in [0.05, 0.1) is 11.9 Å². The van der Waals surface area contributed by atoms with Crippen molar-refractivity contribution in [2.24, 2.45) is 24.3 Å². The minimum atomic E-state index is -0.513. The second kappa shape index (κ2) is 6.64. The van der Waals surface area contributed by atoms with E-state index in [-0.39, 0.29) is 28.5 Å². The zero-order valence-corrected chi connectivity index (χ0v) is 17.4. The molecule has 0 spiro atoms. The standard InChI is InChI=1S/C21H26FN5O2/c1-21(2,3)19(29)27-10-13-14(11-27)18(13)26(5)20-24-16(8-17(28)25(20)4)12-6-7-23-9-15(12)22/h6-9,13-14,18H,10-11H2,1-5H3/t13-,14+,18-. The number of pyridine rings is 1. The van der Waals surface area contributed by atoms with Gasteiger partial charge >= 0.3 is 0 Å². The number of hydrogen-bond donors (Lipinski definition) is 0. The number of rotatable bonds is 3. The number of amides is 1. The molecule has 0 N–H and O–H groups in total. The molecule has 154 valence electrons. The maximum Gasteiger partial charge on any atom is 0.255 e.